The van der Waals surface area contributed by atoms with Gasteiger partial charge in [0.1, 0.15) is 33.5 Å². The minimum absolute atomic E-state index is 0.846. The minimum Gasteiger partial charge on any atom is -0.456 e. The molecule has 5 aromatic heterocycles. The van der Waals surface area contributed by atoms with Crippen molar-refractivity contribution in [1.82, 2.24) is 9.55 Å². The Hall–Kier alpha value is -10.2. The number of hydrogen-bond donors (Lipinski definition) is 0. The summed E-state index contributed by atoms with van der Waals surface area (Å²) in [5.74, 6) is 0. The summed E-state index contributed by atoms with van der Waals surface area (Å²) in [4.78, 5) is 4.80. The molecule has 0 bridgehead atoms. The number of fused-ring (bicyclic) bond motifs is 12. The monoisotopic (exact) mass is 970 g/mol. The van der Waals surface area contributed by atoms with Gasteiger partial charge in [0, 0.05) is 72.3 Å². The molecular formula is C71H42N2O3. The van der Waals surface area contributed by atoms with Crippen molar-refractivity contribution in [3.05, 3.63) is 255 Å². The third kappa shape index (κ3) is 6.76. The first kappa shape index (κ1) is 42.3. The van der Waals surface area contributed by atoms with E-state index in [1.54, 1.807) is 0 Å². The maximum Gasteiger partial charge on any atom is 0.135 e. The standard InChI is InChI=1S/C71H42N2O3/c1-2-13-53(14-3-1)73-64-19-8-6-17-56(64)58-35-45(21-27-65(58)73)43-11-10-12-44(33-43)46-22-28-68-60(36-46)61-37-47(23-29-69(61)75-68)51-34-52(42-72-41-51)48-24-30-70-62(38-48)63-40-50(26-32-71(63)76-70)55-16-5-4-15-54(55)49-25-31-67-59(39-49)57-18-7-9-20-66(57)74-67/h1-42H. The normalized spacial score (nSPS) is 11.9. The van der Waals surface area contributed by atoms with Gasteiger partial charge in [-0.3, -0.25) is 4.98 Å². The van der Waals surface area contributed by atoms with Crippen LogP contribution in [0.4, 0.5) is 0 Å². The van der Waals surface area contributed by atoms with Gasteiger partial charge < -0.3 is 17.8 Å². The number of para-hydroxylation sites is 3. The summed E-state index contributed by atoms with van der Waals surface area (Å²) < 4.78 is 21.4. The Morgan fingerprint density at radius 2 is 0.618 bits per heavy atom. The van der Waals surface area contributed by atoms with Crippen molar-refractivity contribution in [3.63, 3.8) is 0 Å². The summed E-state index contributed by atoms with van der Waals surface area (Å²) in [5.41, 5.74) is 22.1. The van der Waals surface area contributed by atoms with Crippen LogP contribution in [0, 0.1) is 0 Å². The first-order chi connectivity index (χ1) is 37.6. The van der Waals surface area contributed by atoms with E-state index in [2.05, 4.69) is 235 Å². The van der Waals surface area contributed by atoms with E-state index in [-0.39, 0.29) is 0 Å². The van der Waals surface area contributed by atoms with E-state index < -0.39 is 0 Å². The van der Waals surface area contributed by atoms with Gasteiger partial charge in [0.2, 0.25) is 0 Å². The van der Waals surface area contributed by atoms with E-state index in [4.69, 9.17) is 18.2 Å². The Kier molecular flexibility index (Phi) is 9.27. The Morgan fingerprint density at radius 3 is 1.20 bits per heavy atom. The van der Waals surface area contributed by atoms with E-state index >= 15 is 0 Å². The van der Waals surface area contributed by atoms with Gasteiger partial charge in [-0.25, -0.2) is 0 Å². The lowest BCUT2D eigenvalue weighted by Gasteiger charge is -2.11. The number of nitrogens with zero attached hydrogens (tertiary/aromatic N) is 2. The van der Waals surface area contributed by atoms with Crippen LogP contribution in [0.25, 0.3) is 160 Å². The molecule has 0 atom stereocenters. The molecule has 0 amide bonds. The lowest BCUT2D eigenvalue weighted by atomic mass is 9.93. The molecule has 0 spiro atoms. The number of furan rings is 3. The van der Waals surface area contributed by atoms with E-state index in [0.29, 0.717) is 0 Å². The van der Waals surface area contributed by atoms with Crippen LogP contribution in [0.15, 0.2) is 268 Å². The molecule has 5 heterocycles. The highest BCUT2D eigenvalue weighted by molar-refractivity contribution is 6.12. The number of benzene rings is 11. The predicted octanol–water partition coefficient (Wildman–Crippen LogP) is 19.9. The third-order valence-corrected chi connectivity index (χ3v) is 15.5. The lowest BCUT2D eigenvalue weighted by molar-refractivity contribution is 0.668. The molecule has 0 N–H and O–H groups in total. The Morgan fingerprint density at radius 1 is 0.237 bits per heavy atom. The summed E-state index contributed by atoms with van der Waals surface area (Å²) in [6.45, 7) is 0. The Bertz CT molecular complexity index is 5010. The van der Waals surface area contributed by atoms with Crippen molar-refractivity contribution in [2.24, 2.45) is 0 Å². The largest absolute Gasteiger partial charge is 0.456 e. The minimum atomic E-state index is 0.846. The van der Waals surface area contributed by atoms with E-state index in [0.717, 1.165) is 127 Å². The van der Waals surface area contributed by atoms with Crippen LogP contribution >= 0.6 is 0 Å². The van der Waals surface area contributed by atoms with Gasteiger partial charge in [-0.05, 0) is 165 Å². The third-order valence-electron chi connectivity index (χ3n) is 15.5. The highest BCUT2D eigenvalue weighted by Crippen LogP contribution is 2.42. The predicted molar refractivity (Wildman–Crippen MR) is 313 cm³/mol. The van der Waals surface area contributed by atoms with Gasteiger partial charge in [-0.2, -0.15) is 0 Å². The number of rotatable bonds is 7. The fraction of sp³-hybridized carbons (Fsp3) is 0. The molecule has 0 unspecified atom stereocenters. The van der Waals surface area contributed by atoms with Crippen molar-refractivity contribution < 1.29 is 13.3 Å². The second-order valence-electron chi connectivity index (χ2n) is 19.9. The average molecular weight is 971 g/mol. The maximum absolute atomic E-state index is 6.46. The summed E-state index contributed by atoms with van der Waals surface area (Å²) in [7, 11) is 0. The van der Waals surface area contributed by atoms with Crippen molar-refractivity contribution >= 4 is 87.6 Å². The molecule has 0 radical (unpaired) electrons. The second-order valence-corrected chi connectivity index (χ2v) is 19.9. The number of hydrogen-bond acceptors (Lipinski definition) is 4. The summed E-state index contributed by atoms with van der Waals surface area (Å²) in [6, 6.07) is 86.6. The Labute approximate surface area is 435 Å². The summed E-state index contributed by atoms with van der Waals surface area (Å²) in [5, 5.41) is 8.98. The van der Waals surface area contributed by atoms with Crippen LogP contribution < -0.4 is 0 Å². The highest BCUT2D eigenvalue weighted by Gasteiger charge is 2.18. The molecule has 16 aromatic rings. The second kappa shape index (κ2) is 16.7. The van der Waals surface area contributed by atoms with Crippen molar-refractivity contribution in [3.8, 4) is 72.4 Å². The van der Waals surface area contributed by atoms with Gasteiger partial charge >= 0.3 is 0 Å². The molecule has 5 heteroatoms. The average Bonchev–Trinajstić information content (AvgIpc) is 4.31. The van der Waals surface area contributed by atoms with E-state index in [1.807, 2.05) is 24.5 Å². The molecule has 0 fully saturated rings. The summed E-state index contributed by atoms with van der Waals surface area (Å²) >= 11 is 0. The molecule has 16 rings (SSSR count). The van der Waals surface area contributed by atoms with Crippen molar-refractivity contribution in [2.75, 3.05) is 0 Å². The smallest absolute Gasteiger partial charge is 0.135 e. The van der Waals surface area contributed by atoms with Crippen LogP contribution in [0.2, 0.25) is 0 Å². The summed E-state index contributed by atoms with van der Waals surface area (Å²) in [6.07, 6.45) is 3.89. The molecule has 11 aromatic carbocycles. The van der Waals surface area contributed by atoms with Gasteiger partial charge in [0.15, 0.2) is 0 Å². The van der Waals surface area contributed by atoms with Crippen LogP contribution in [-0.4, -0.2) is 9.55 Å². The molecule has 76 heavy (non-hydrogen) atoms. The Balaban J connectivity index is 0.722. The molecule has 0 aliphatic rings. The molecule has 0 saturated carbocycles. The first-order valence-corrected chi connectivity index (χ1v) is 25.7. The fourth-order valence-electron chi connectivity index (χ4n) is 11.8. The molecule has 5 nitrogen and oxygen atoms in total. The van der Waals surface area contributed by atoms with Crippen LogP contribution in [0.3, 0.4) is 0 Å². The molecular weight excluding hydrogens is 929 g/mol. The number of pyridine rings is 1. The zero-order chi connectivity index (χ0) is 49.8. The topological polar surface area (TPSA) is 57.2 Å². The van der Waals surface area contributed by atoms with Crippen LogP contribution in [-0.2, 0) is 0 Å². The zero-order valence-electron chi connectivity index (χ0n) is 40.9. The quantitative estimate of drug-likeness (QED) is 0.160. The highest BCUT2D eigenvalue weighted by atomic mass is 16.3. The van der Waals surface area contributed by atoms with E-state index in [9.17, 15) is 0 Å². The molecule has 354 valence electrons. The van der Waals surface area contributed by atoms with Gasteiger partial charge in [-0.15, -0.1) is 0 Å². The molecule has 0 saturated heterocycles. The van der Waals surface area contributed by atoms with Crippen LogP contribution in [0.1, 0.15) is 0 Å². The zero-order valence-corrected chi connectivity index (χ0v) is 40.9. The van der Waals surface area contributed by atoms with Crippen molar-refractivity contribution in [1.29, 1.82) is 0 Å². The van der Waals surface area contributed by atoms with Gasteiger partial charge in [0.05, 0.1) is 11.0 Å². The molecule has 0 aliphatic carbocycles. The number of aromatic nitrogens is 2. The van der Waals surface area contributed by atoms with E-state index in [1.165, 1.54) is 32.9 Å². The van der Waals surface area contributed by atoms with Gasteiger partial charge in [-0.1, -0.05) is 133 Å². The maximum atomic E-state index is 6.46. The first-order valence-electron chi connectivity index (χ1n) is 25.7. The van der Waals surface area contributed by atoms with Gasteiger partial charge in [0.25, 0.3) is 0 Å². The fourth-order valence-corrected chi connectivity index (χ4v) is 11.8. The lowest BCUT2D eigenvalue weighted by Crippen LogP contribution is -1.92. The van der Waals surface area contributed by atoms with Crippen LogP contribution in [0.5, 0.6) is 0 Å². The molecule has 0 aliphatic heterocycles. The van der Waals surface area contributed by atoms with Crippen molar-refractivity contribution in [2.45, 2.75) is 0 Å². The SMILES string of the molecule is c1ccc(-n2c3ccccc3c3cc(-c4cccc(-c5ccc6oc7ccc(-c8cncc(-c9ccc%10oc%11ccc(-c%12ccccc%12-c%12ccc%13oc%14ccccc%14c%13c%12)cc%11c%10c9)c8)cc7c6c5)c4)ccc32)cc1.